The van der Waals surface area contributed by atoms with E-state index in [1.54, 1.807) is 5.41 Å². The van der Waals surface area contributed by atoms with Crippen LogP contribution < -0.4 is 4.90 Å². The number of hydrogen-bond donors (Lipinski definition) is 1. The highest BCUT2D eigenvalue weighted by Gasteiger charge is 2.30. The Morgan fingerprint density at radius 1 is 1.19 bits per heavy atom. The standard InChI is InChI=1S/C10H8F3NOS/c11-10(12,13)7-1-3-8(4-2-7)14-6-16-5-9(14)15/h1-5,15H,6H2. The van der Waals surface area contributed by atoms with Gasteiger partial charge in [-0.2, -0.15) is 13.2 Å². The van der Waals surface area contributed by atoms with Gasteiger partial charge in [-0.3, -0.25) is 0 Å². The van der Waals surface area contributed by atoms with E-state index in [1.807, 2.05) is 0 Å². The first kappa shape index (κ1) is 11.2. The molecule has 0 saturated heterocycles. The summed E-state index contributed by atoms with van der Waals surface area (Å²) in [4.78, 5) is 1.53. The number of hydrogen-bond acceptors (Lipinski definition) is 3. The van der Waals surface area contributed by atoms with Crippen LogP contribution in [0.5, 0.6) is 0 Å². The van der Waals surface area contributed by atoms with Gasteiger partial charge in [-0.25, -0.2) is 0 Å². The minimum atomic E-state index is -4.32. The molecule has 1 aliphatic heterocycles. The van der Waals surface area contributed by atoms with Crippen LogP contribution in [0, 0.1) is 0 Å². The Morgan fingerprint density at radius 2 is 1.81 bits per heavy atom. The fraction of sp³-hybridized carbons (Fsp3) is 0.200. The molecule has 0 saturated carbocycles. The number of thioether (sulfide) groups is 1. The molecule has 0 amide bonds. The second kappa shape index (κ2) is 3.93. The number of alkyl halides is 3. The molecule has 2 rings (SSSR count). The Labute approximate surface area is 94.4 Å². The predicted octanol–water partition coefficient (Wildman–Crippen LogP) is 3.57. The van der Waals surface area contributed by atoms with E-state index in [-0.39, 0.29) is 5.88 Å². The van der Waals surface area contributed by atoms with Crippen LogP contribution >= 0.6 is 11.8 Å². The summed E-state index contributed by atoms with van der Waals surface area (Å²) >= 11 is 1.39. The van der Waals surface area contributed by atoms with Gasteiger partial charge in [0.15, 0.2) is 5.88 Å². The molecule has 1 N–H and O–H groups in total. The first-order chi connectivity index (χ1) is 7.48. The van der Waals surface area contributed by atoms with Crippen LogP contribution in [-0.4, -0.2) is 11.0 Å². The fourth-order valence-electron chi connectivity index (χ4n) is 1.35. The molecule has 0 spiro atoms. The third kappa shape index (κ3) is 2.11. The summed E-state index contributed by atoms with van der Waals surface area (Å²) < 4.78 is 36.9. The monoisotopic (exact) mass is 247 g/mol. The van der Waals surface area contributed by atoms with Crippen molar-refractivity contribution in [1.29, 1.82) is 0 Å². The molecule has 0 aromatic heterocycles. The molecule has 0 fully saturated rings. The van der Waals surface area contributed by atoms with E-state index >= 15 is 0 Å². The van der Waals surface area contributed by atoms with Crippen molar-refractivity contribution in [2.24, 2.45) is 0 Å². The maximum Gasteiger partial charge on any atom is 0.416 e. The summed E-state index contributed by atoms with van der Waals surface area (Å²) in [6, 6.07) is 4.70. The SMILES string of the molecule is OC1=CSCN1c1ccc(C(F)(F)F)cc1. The zero-order valence-corrected chi connectivity index (χ0v) is 8.85. The Balaban J connectivity index is 2.23. The summed E-state index contributed by atoms with van der Waals surface area (Å²) in [5.74, 6) is 0.571. The zero-order chi connectivity index (χ0) is 11.8. The van der Waals surface area contributed by atoms with Crippen LogP contribution in [0.15, 0.2) is 35.6 Å². The summed E-state index contributed by atoms with van der Waals surface area (Å²) in [5.41, 5.74) is -0.140. The van der Waals surface area contributed by atoms with Crippen LogP contribution in [0.1, 0.15) is 5.56 Å². The smallest absolute Gasteiger partial charge is 0.416 e. The number of nitrogens with zero attached hydrogens (tertiary/aromatic N) is 1. The van der Waals surface area contributed by atoms with Crippen molar-refractivity contribution < 1.29 is 18.3 Å². The molecule has 0 bridgehead atoms. The second-order valence-corrected chi connectivity index (χ2v) is 4.07. The van der Waals surface area contributed by atoms with E-state index in [1.165, 1.54) is 28.8 Å². The maximum absolute atomic E-state index is 12.3. The van der Waals surface area contributed by atoms with Gasteiger partial charge in [0, 0.05) is 11.1 Å². The fourth-order valence-corrected chi connectivity index (χ4v) is 2.13. The van der Waals surface area contributed by atoms with E-state index in [9.17, 15) is 18.3 Å². The van der Waals surface area contributed by atoms with E-state index in [2.05, 4.69) is 0 Å². The molecule has 1 heterocycles. The molecule has 1 aliphatic rings. The van der Waals surface area contributed by atoms with Gasteiger partial charge in [-0.05, 0) is 24.3 Å². The van der Waals surface area contributed by atoms with Gasteiger partial charge in [0.05, 0.1) is 11.4 Å². The molecule has 0 atom stereocenters. The number of aliphatic hydroxyl groups excluding tert-OH is 1. The molecule has 0 unspecified atom stereocenters. The number of benzene rings is 1. The van der Waals surface area contributed by atoms with Crippen molar-refractivity contribution >= 4 is 17.4 Å². The van der Waals surface area contributed by atoms with Crippen molar-refractivity contribution in [1.82, 2.24) is 0 Å². The molecule has 0 aliphatic carbocycles. The number of anilines is 1. The van der Waals surface area contributed by atoms with Crippen LogP contribution in [0.2, 0.25) is 0 Å². The van der Waals surface area contributed by atoms with E-state index < -0.39 is 11.7 Å². The van der Waals surface area contributed by atoms with Crippen LogP contribution in [-0.2, 0) is 6.18 Å². The zero-order valence-electron chi connectivity index (χ0n) is 8.03. The molecule has 1 aromatic rings. The minimum Gasteiger partial charge on any atom is -0.494 e. The van der Waals surface area contributed by atoms with Crippen molar-refractivity contribution in [2.75, 3.05) is 10.8 Å². The lowest BCUT2D eigenvalue weighted by atomic mass is 10.2. The average molecular weight is 247 g/mol. The van der Waals surface area contributed by atoms with Gasteiger partial charge in [-0.15, -0.1) is 11.8 Å². The van der Waals surface area contributed by atoms with E-state index in [0.29, 0.717) is 11.6 Å². The first-order valence-electron chi connectivity index (χ1n) is 4.44. The lowest BCUT2D eigenvalue weighted by Crippen LogP contribution is -2.17. The normalized spacial score (nSPS) is 16.4. The topological polar surface area (TPSA) is 23.5 Å². The van der Waals surface area contributed by atoms with Crippen molar-refractivity contribution in [3.8, 4) is 0 Å². The molecular weight excluding hydrogens is 239 g/mol. The van der Waals surface area contributed by atoms with Gasteiger partial charge >= 0.3 is 6.18 Å². The molecule has 86 valence electrons. The van der Waals surface area contributed by atoms with E-state index in [0.717, 1.165) is 12.1 Å². The van der Waals surface area contributed by atoms with Crippen molar-refractivity contribution in [3.05, 3.63) is 41.1 Å². The Morgan fingerprint density at radius 3 is 2.25 bits per heavy atom. The van der Waals surface area contributed by atoms with Crippen molar-refractivity contribution in [3.63, 3.8) is 0 Å². The van der Waals surface area contributed by atoms with Gasteiger partial charge in [0.25, 0.3) is 0 Å². The molecule has 0 radical (unpaired) electrons. The van der Waals surface area contributed by atoms with Crippen LogP contribution in [0.3, 0.4) is 0 Å². The average Bonchev–Trinajstić information content (AvgIpc) is 2.63. The molecule has 6 heteroatoms. The van der Waals surface area contributed by atoms with Crippen LogP contribution in [0.25, 0.3) is 0 Å². The summed E-state index contributed by atoms with van der Waals surface area (Å²) in [6.45, 7) is 0. The Hall–Kier alpha value is -1.30. The highest BCUT2D eigenvalue weighted by Crippen LogP contribution is 2.33. The van der Waals surface area contributed by atoms with Crippen LogP contribution in [0.4, 0.5) is 18.9 Å². The predicted molar refractivity (Wildman–Crippen MR) is 57.1 cm³/mol. The quantitative estimate of drug-likeness (QED) is 0.820. The number of aliphatic hydroxyl groups is 1. The Kier molecular flexibility index (Phi) is 2.75. The largest absolute Gasteiger partial charge is 0.494 e. The number of halogens is 3. The summed E-state index contributed by atoms with van der Waals surface area (Å²) in [6.07, 6.45) is -4.32. The van der Waals surface area contributed by atoms with Gasteiger partial charge in [-0.1, -0.05) is 0 Å². The molecule has 2 nitrogen and oxygen atoms in total. The third-order valence-electron chi connectivity index (χ3n) is 2.18. The van der Waals surface area contributed by atoms with Gasteiger partial charge in [0.1, 0.15) is 0 Å². The molecular formula is C10H8F3NOS. The Bertz CT molecular complexity index is 413. The molecule has 1 aromatic carbocycles. The summed E-state index contributed by atoms with van der Waals surface area (Å²) in [5, 5.41) is 11.0. The first-order valence-corrected chi connectivity index (χ1v) is 5.49. The summed E-state index contributed by atoms with van der Waals surface area (Å²) in [7, 11) is 0. The lowest BCUT2D eigenvalue weighted by molar-refractivity contribution is -0.137. The number of rotatable bonds is 1. The molecule has 16 heavy (non-hydrogen) atoms. The van der Waals surface area contributed by atoms with Gasteiger partial charge in [0.2, 0.25) is 0 Å². The highest BCUT2D eigenvalue weighted by atomic mass is 32.2. The van der Waals surface area contributed by atoms with E-state index in [4.69, 9.17) is 0 Å². The second-order valence-electron chi connectivity index (χ2n) is 3.24. The minimum absolute atomic E-state index is 0.0600. The van der Waals surface area contributed by atoms with Gasteiger partial charge < -0.3 is 10.0 Å². The lowest BCUT2D eigenvalue weighted by Gasteiger charge is -2.18. The highest BCUT2D eigenvalue weighted by molar-refractivity contribution is 8.02. The maximum atomic E-state index is 12.3. The third-order valence-corrected chi connectivity index (χ3v) is 2.96. The van der Waals surface area contributed by atoms with Crippen molar-refractivity contribution in [2.45, 2.75) is 6.18 Å².